The molecule has 2 heterocycles. The van der Waals surface area contributed by atoms with Crippen molar-refractivity contribution in [3.8, 4) is 22.3 Å². The van der Waals surface area contributed by atoms with E-state index in [4.69, 9.17) is 0 Å². The van der Waals surface area contributed by atoms with Crippen LogP contribution in [0.4, 0.5) is 0 Å². The van der Waals surface area contributed by atoms with Crippen LogP contribution in [0.1, 0.15) is 75.3 Å². The van der Waals surface area contributed by atoms with Gasteiger partial charge in [0.15, 0.2) is 0 Å². The van der Waals surface area contributed by atoms with E-state index in [1.807, 2.05) is 22.7 Å². The van der Waals surface area contributed by atoms with Gasteiger partial charge in [-0.3, -0.25) is 0 Å². The lowest BCUT2D eigenvalue weighted by molar-refractivity contribution is 0.395. The Kier molecular flexibility index (Phi) is 11.7. The van der Waals surface area contributed by atoms with E-state index in [1.165, 1.54) is 104 Å². The van der Waals surface area contributed by atoms with E-state index in [0.29, 0.717) is 35.5 Å². The van der Waals surface area contributed by atoms with Crippen molar-refractivity contribution in [2.75, 3.05) is 0 Å². The quantitative estimate of drug-likeness (QED) is 0.120. The Bertz CT molecular complexity index is 3600. The highest BCUT2D eigenvalue weighted by Gasteiger charge is 2.38. The van der Waals surface area contributed by atoms with Crippen molar-refractivity contribution in [3.05, 3.63) is 237 Å². The maximum absolute atomic E-state index is 2.57. The first-order chi connectivity index (χ1) is 34.6. The summed E-state index contributed by atoms with van der Waals surface area (Å²) in [6, 6.07) is 41.9. The zero-order valence-corrected chi connectivity index (χ0v) is 41.8. The van der Waals surface area contributed by atoms with Crippen LogP contribution in [0, 0.1) is 29.6 Å². The molecule has 70 heavy (non-hydrogen) atoms. The maximum atomic E-state index is 2.57. The molecule has 0 saturated heterocycles. The fourth-order valence-corrected chi connectivity index (χ4v) is 15.6. The molecule has 13 rings (SSSR count). The van der Waals surface area contributed by atoms with Gasteiger partial charge in [-0.2, -0.15) is 0 Å². The molecule has 6 aliphatic carbocycles. The molecule has 0 saturated carbocycles. The van der Waals surface area contributed by atoms with Crippen LogP contribution in [-0.4, -0.2) is 0 Å². The van der Waals surface area contributed by atoms with Crippen LogP contribution in [0.15, 0.2) is 216 Å². The fraction of sp³-hybridized carbons (Fsp3) is 0.235. The summed E-state index contributed by atoms with van der Waals surface area (Å²) in [5.41, 5.74) is 15.8. The van der Waals surface area contributed by atoms with Crippen LogP contribution in [0.25, 0.3) is 64.7 Å². The minimum absolute atomic E-state index is 0.302. The Morgan fingerprint density at radius 2 is 1.31 bits per heavy atom. The first kappa shape index (κ1) is 43.7. The molecule has 2 aromatic heterocycles. The molecule has 2 heteroatoms. The number of hydrogen-bond acceptors (Lipinski definition) is 2. The first-order valence-corrected chi connectivity index (χ1v) is 27.8. The van der Waals surface area contributed by atoms with Gasteiger partial charge in [0.2, 0.25) is 0 Å². The van der Waals surface area contributed by atoms with E-state index in [1.54, 1.807) is 16.7 Å². The highest BCUT2D eigenvalue weighted by atomic mass is 32.1. The van der Waals surface area contributed by atoms with Gasteiger partial charge in [-0.1, -0.05) is 207 Å². The summed E-state index contributed by atoms with van der Waals surface area (Å²) in [7, 11) is 0. The molecule has 344 valence electrons. The molecule has 6 atom stereocenters. The Balaban J connectivity index is 0.872. The van der Waals surface area contributed by atoms with E-state index in [9.17, 15) is 0 Å². The lowest BCUT2D eigenvalue weighted by Crippen LogP contribution is -2.29. The topological polar surface area (TPSA) is 0 Å². The van der Waals surface area contributed by atoms with Gasteiger partial charge in [-0.15, -0.1) is 22.7 Å². The second kappa shape index (κ2) is 18.8. The number of thiophene rings is 2. The minimum atomic E-state index is 0.302. The highest BCUT2D eigenvalue weighted by Crippen LogP contribution is 2.50. The predicted octanol–water partition coefficient (Wildman–Crippen LogP) is 17.7. The normalized spacial score (nSPS) is 22.6. The third-order valence-corrected chi connectivity index (χ3v) is 19.2. The molecule has 5 aromatic carbocycles. The van der Waals surface area contributed by atoms with Crippen LogP contribution < -0.4 is 9.75 Å². The Morgan fingerprint density at radius 1 is 0.571 bits per heavy atom. The third kappa shape index (κ3) is 7.98. The summed E-state index contributed by atoms with van der Waals surface area (Å²) in [4.78, 5) is 0. The Labute approximate surface area is 421 Å². The summed E-state index contributed by atoms with van der Waals surface area (Å²) in [5.74, 6) is 2.36. The van der Waals surface area contributed by atoms with E-state index >= 15 is 0 Å². The summed E-state index contributed by atoms with van der Waals surface area (Å²) < 4.78 is 5.58. The Hall–Kier alpha value is -6.32. The minimum Gasteiger partial charge on any atom is -0.135 e. The predicted molar refractivity (Wildman–Crippen MR) is 304 cm³/mol. The van der Waals surface area contributed by atoms with Crippen molar-refractivity contribution in [1.82, 2.24) is 0 Å². The Morgan fingerprint density at radius 3 is 2.11 bits per heavy atom. The molecule has 0 spiro atoms. The van der Waals surface area contributed by atoms with Crippen LogP contribution >= 0.6 is 22.7 Å². The van der Waals surface area contributed by atoms with Gasteiger partial charge in [-0.05, 0) is 148 Å². The largest absolute Gasteiger partial charge is 0.135 e. The molecule has 0 N–H and O–H groups in total. The van der Waals surface area contributed by atoms with Crippen molar-refractivity contribution in [2.45, 2.75) is 70.6 Å². The van der Waals surface area contributed by atoms with E-state index < -0.39 is 0 Å². The highest BCUT2D eigenvalue weighted by molar-refractivity contribution is 7.26. The number of allylic oxidation sites excluding steroid dienone is 18. The van der Waals surface area contributed by atoms with Crippen LogP contribution in [0.2, 0.25) is 0 Å². The van der Waals surface area contributed by atoms with Gasteiger partial charge in [0.25, 0.3) is 0 Å². The second-order valence-corrected chi connectivity index (χ2v) is 22.8. The van der Waals surface area contributed by atoms with Crippen LogP contribution in [0.5, 0.6) is 0 Å². The standard InChI is InChI=1S/C68H60S2/c1-44(46-34-36-50(37-35-46)55-25-15-27-62-60-23-11-13-29-66(60)70-68(55)62)63(42-45-30-32-49(33-31-45)54-24-14-26-61-59-22-10-12-28-65(59)69-67(54)61)58-41-40-53(56-20-8-9-21-57(56)58)51-38-39-52(47-16-4-2-5-17-47)64(43-51)48-18-6-3-7-19-48/h2,4,6,8-10,12,14-16,18,20-41,44,48,56-57,63-64H,3,5,7,11,13,17,19,42-43H2,1H3. The second-order valence-electron chi connectivity index (χ2n) is 20.7. The molecule has 0 amide bonds. The van der Waals surface area contributed by atoms with E-state index in [2.05, 4.69) is 207 Å². The summed E-state index contributed by atoms with van der Waals surface area (Å²) in [6.45, 7) is 2.50. The summed E-state index contributed by atoms with van der Waals surface area (Å²) in [6.07, 6.45) is 47.2. The molecule has 7 aromatic rings. The lowest BCUT2D eigenvalue weighted by Gasteiger charge is -2.40. The van der Waals surface area contributed by atoms with Gasteiger partial charge < -0.3 is 0 Å². The summed E-state index contributed by atoms with van der Waals surface area (Å²) in [5, 5.41) is 5.54. The molecule has 0 nitrogen and oxygen atoms in total. The first-order valence-electron chi connectivity index (χ1n) is 26.2. The van der Waals surface area contributed by atoms with Gasteiger partial charge in [0, 0.05) is 46.6 Å². The van der Waals surface area contributed by atoms with Gasteiger partial charge in [0.05, 0.1) is 0 Å². The van der Waals surface area contributed by atoms with Gasteiger partial charge >= 0.3 is 0 Å². The average molecular weight is 941 g/mol. The molecular formula is C68H60S2. The van der Waals surface area contributed by atoms with E-state index in [-0.39, 0.29) is 0 Å². The third-order valence-electron chi connectivity index (χ3n) is 16.7. The van der Waals surface area contributed by atoms with Gasteiger partial charge in [-0.25, -0.2) is 0 Å². The smallest absolute Gasteiger partial charge is 0.0433 e. The van der Waals surface area contributed by atoms with Crippen molar-refractivity contribution in [2.24, 2.45) is 29.6 Å². The number of benzene rings is 5. The fourth-order valence-electron chi connectivity index (χ4n) is 13.0. The molecule has 0 fully saturated rings. The van der Waals surface area contributed by atoms with E-state index in [0.717, 1.165) is 38.5 Å². The molecular weight excluding hydrogens is 881 g/mol. The molecule has 0 bridgehead atoms. The van der Waals surface area contributed by atoms with Crippen molar-refractivity contribution in [3.63, 3.8) is 0 Å². The molecule has 6 aliphatic rings. The average Bonchev–Trinajstić information content (AvgIpc) is 4.02. The lowest BCUT2D eigenvalue weighted by atomic mass is 9.64. The molecule has 0 aliphatic heterocycles. The monoisotopic (exact) mass is 940 g/mol. The van der Waals surface area contributed by atoms with Crippen LogP contribution in [0.3, 0.4) is 0 Å². The molecule has 0 radical (unpaired) electrons. The van der Waals surface area contributed by atoms with Crippen molar-refractivity contribution >= 4 is 65.1 Å². The van der Waals surface area contributed by atoms with Crippen molar-refractivity contribution < 1.29 is 0 Å². The van der Waals surface area contributed by atoms with Crippen LogP contribution in [-0.2, 0) is 6.42 Å². The number of hydrogen-bond donors (Lipinski definition) is 0. The SMILES string of the molecule is CC(c1ccc(-c2cccc3c4c(sc23)=CCCC=4)cc1)C(Cc1ccc(-c2cccc3c2sc2ccccc23)cc1)C1=CC=C(C2=CC=C(C3=CC=CCC3)C(C3C=CCCC3)C2)C2C=CC=CC12. The summed E-state index contributed by atoms with van der Waals surface area (Å²) >= 11 is 3.88. The number of rotatable bonds is 10. The maximum Gasteiger partial charge on any atom is 0.0433 e. The number of fused-ring (bicyclic) bond motifs is 7. The van der Waals surface area contributed by atoms with Gasteiger partial charge in [0.1, 0.15) is 0 Å². The molecule has 6 unspecified atom stereocenters. The zero-order valence-electron chi connectivity index (χ0n) is 40.2. The zero-order chi connectivity index (χ0) is 46.5. The van der Waals surface area contributed by atoms with Crippen molar-refractivity contribution in [1.29, 1.82) is 0 Å².